The number of aromatic nitrogens is 3. The van der Waals surface area contributed by atoms with Gasteiger partial charge in [-0.15, -0.1) is 0 Å². The molecule has 0 spiro atoms. The Kier molecular flexibility index (Phi) is 8.06. The summed E-state index contributed by atoms with van der Waals surface area (Å²) in [5.74, 6) is -0.261. The van der Waals surface area contributed by atoms with E-state index in [4.69, 9.17) is 11.6 Å². The van der Waals surface area contributed by atoms with Crippen LogP contribution in [0.1, 0.15) is 56.1 Å². The van der Waals surface area contributed by atoms with Crippen molar-refractivity contribution < 1.29 is 9.59 Å². The highest BCUT2D eigenvalue weighted by Crippen LogP contribution is 2.37. The van der Waals surface area contributed by atoms with Crippen LogP contribution >= 0.6 is 11.6 Å². The van der Waals surface area contributed by atoms with E-state index in [9.17, 15) is 9.59 Å². The molecular formula is C32H33ClN6O2. The van der Waals surface area contributed by atoms with Gasteiger partial charge < -0.3 is 20.1 Å². The first-order valence-electron chi connectivity index (χ1n) is 13.6. The number of fused-ring (bicyclic) bond motifs is 1. The minimum atomic E-state index is -0.317. The molecule has 0 aliphatic carbocycles. The van der Waals surface area contributed by atoms with Gasteiger partial charge in [-0.2, -0.15) is 0 Å². The lowest BCUT2D eigenvalue weighted by atomic mass is 9.98. The van der Waals surface area contributed by atoms with Crippen molar-refractivity contribution in [1.82, 2.24) is 19.4 Å². The number of hydrogen-bond donors (Lipinski definition) is 2. The lowest BCUT2D eigenvalue weighted by molar-refractivity contribution is 0.100. The summed E-state index contributed by atoms with van der Waals surface area (Å²) in [6, 6.07) is 12.9. The number of carbonyl (C=O) groups is 2. The lowest BCUT2D eigenvalue weighted by Gasteiger charge is -2.21. The minimum absolute atomic E-state index is 0.299. The predicted molar refractivity (Wildman–Crippen MR) is 164 cm³/mol. The van der Waals surface area contributed by atoms with E-state index < -0.39 is 0 Å². The quantitative estimate of drug-likeness (QED) is 0.279. The van der Waals surface area contributed by atoms with Crippen LogP contribution in [-0.2, 0) is 26.4 Å². The highest BCUT2D eigenvalue weighted by molar-refractivity contribution is 6.36. The van der Waals surface area contributed by atoms with Gasteiger partial charge in [0.15, 0.2) is 5.82 Å². The van der Waals surface area contributed by atoms with Gasteiger partial charge >= 0.3 is 0 Å². The highest BCUT2D eigenvalue weighted by atomic mass is 35.5. The summed E-state index contributed by atoms with van der Waals surface area (Å²) in [7, 11) is 3.92. The fourth-order valence-electron chi connectivity index (χ4n) is 5.25. The molecule has 0 bridgehead atoms. The van der Waals surface area contributed by atoms with Gasteiger partial charge in [0.2, 0.25) is 0 Å². The molecule has 0 atom stereocenters. The van der Waals surface area contributed by atoms with E-state index >= 15 is 0 Å². The Labute approximate surface area is 245 Å². The molecular weight excluding hydrogens is 536 g/mol. The van der Waals surface area contributed by atoms with Gasteiger partial charge in [-0.3, -0.25) is 14.6 Å². The highest BCUT2D eigenvalue weighted by Gasteiger charge is 2.25. The van der Waals surface area contributed by atoms with Crippen LogP contribution < -0.4 is 10.6 Å². The van der Waals surface area contributed by atoms with Crippen molar-refractivity contribution in [2.75, 3.05) is 24.2 Å². The number of halogens is 1. The second-order valence-electron chi connectivity index (χ2n) is 10.3. The van der Waals surface area contributed by atoms with E-state index in [0.29, 0.717) is 27.9 Å². The molecule has 0 saturated carbocycles. The van der Waals surface area contributed by atoms with E-state index in [1.807, 2.05) is 62.8 Å². The second kappa shape index (κ2) is 11.7. The summed E-state index contributed by atoms with van der Waals surface area (Å²) in [5.41, 5.74) is 7.82. The molecule has 1 aliphatic heterocycles. The zero-order valence-corrected chi connectivity index (χ0v) is 24.5. The van der Waals surface area contributed by atoms with Crippen LogP contribution in [0.15, 0.2) is 55.2 Å². The number of carbonyl (C=O) groups excluding carboxylic acids is 2. The Bertz CT molecular complexity index is 1680. The lowest BCUT2D eigenvalue weighted by Crippen LogP contribution is -2.27. The van der Waals surface area contributed by atoms with Crippen LogP contribution in [0.25, 0.3) is 17.2 Å². The summed E-state index contributed by atoms with van der Waals surface area (Å²) in [6.45, 7) is 9.41. The molecule has 210 valence electrons. The van der Waals surface area contributed by atoms with Gasteiger partial charge in [0.1, 0.15) is 5.69 Å². The number of nitrogens with one attached hydrogen (secondary N) is 2. The average molecular weight is 569 g/mol. The standard InChI is InChI=1S/C32H33ClN6O2/c1-6-20-16-26(34-17-21(20)7-2)31(40)36-24-12-8-10-22(19(24)3)23-11-9-13-25(29(23)33)37-32(41)30-35-27-18-38(4)15-14-28(27)39(30)5/h7-13,16-17H,2,6,14-15,18H2,1,3-5H3,(H,36,40)(H,37,41). The number of likely N-dealkylation sites (N-methyl/N-ethyl adjacent to an activating group) is 1. The maximum atomic E-state index is 13.3. The molecule has 41 heavy (non-hydrogen) atoms. The Morgan fingerprint density at radius 1 is 1.07 bits per heavy atom. The van der Waals surface area contributed by atoms with Crippen molar-refractivity contribution in [2.45, 2.75) is 33.2 Å². The summed E-state index contributed by atoms with van der Waals surface area (Å²) in [4.78, 5) is 37.5. The third kappa shape index (κ3) is 5.53. The SMILES string of the molecule is C=Cc1cnc(C(=O)Nc2cccc(-c3cccc(NC(=O)c4nc5c(n4C)CCN(C)C5)c3Cl)c2C)cc1CC. The maximum Gasteiger partial charge on any atom is 0.291 e. The normalized spacial score (nSPS) is 13.0. The van der Waals surface area contributed by atoms with Gasteiger partial charge in [0.25, 0.3) is 11.8 Å². The van der Waals surface area contributed by atoms with Crippen molar-refractivity contribution in [1.29, 1.82) is 0 Å². The fourth-order valence-corrected chi connectivity index (χ4v) is 5.52. The molecule has 0 unspecified atom stereocenters. The molecule has 2 amide bonds. The fraction of sp³-hybridized carbons (Fsp3) is 0.250. The molecule has 0 saturated heterocycles. The molecule has 2 aromatic carbocycles. The molecule has 1 aliphatic rings. The average Bonchev–Trinajstić information content (AvgIpc) is 3.30. The number of aryl methyl sites for hydroxylation is 1. The van der Waals surface area contributed by atoms with Gasteiger partial charge in [-0.1, -0.05) is 55.4 Å². The molecule has 2 N–H and O–H groups in total. The predicted octanol–water partition coefficient (Wildman–Crippen LogP) is 6.14. The zero-order valence-electron chi connectivity index (χ0n) is 23.7. The molecule has 2 aromatic heterocycles. The summed E-state index contributed by atoms with van der Waals surface area (Å²) >= 11 is 6.87. The molecule has 9 heteroatoms. The number of pyridine rings is 1. The first-order valence-corrected chi connectivity index (χ1v) is 13.9. The molecule has 0 fully saturated rings. The zero-order chi connectivity index (χ0) is 29.3. The van der Waals surface area contributed by atoms with Gasteiger partial charge in [-0.05, 0) is 60.8 Å². The minimum Gasteiger partial charge on any atom is -0.327 e. The number of imidazole rings is 1. The van der Waals surface area contributed by atoms with E-state index in [-0.39, 0.29) is 11.8 Å². The van der Waals surface area contributed by atoms with Crippen LogP contribution in [0.4, 0.5) is 11.4 Å². The van der Waals surface area contributed by atoms with Crippen molar-refractivity contribution in [2.24, 2.45) is 7.05 Å². The molecule has 8 nitrogen and oxygen atoms in total. The maximum absolute atomic E-state index is 13.3. The molecule has 3 heterocycles. The number of amides is 2. The Hall–Kier alpha value is -4.27. The molecule has 4 aromatic rings. The van der Waals surface area contributed by atoms with Gasteiger partial charge in [-0.25, -0.2) is 4.98 Å². The van der Waals surface area contributed by atoms with Crippen LogP contribution in [0.2, 0.25) is 5.02 Å². The van der Waals surface area contributed by atoms with Gasteiger partial charge in [0.05, 0.1) is 16.4 Å². The number of rotatable bonds is 7. The first kappa shape index (κ1) is 28.3. The Morgan fingerprint density at radius 3 is 2.51 bits per heavy atom. The van der Waals surface area contributed by atoms with Crippen molar-refractivity contribution in [3.8, 4) is 11.1 Å². The molecule has 5 rings (SSSR count). The summed E-state index contributed by atoms with van der Waals surface area (Å²) in [5, 5.41) is 6.35. The largest absolute Gasteiger partial charge is 0.327 e. The number of hydrogen-bond acceptors (Lipinski definition) is 5. The number of nitrogens with zero attached hydrogens (tertiary/aromatic N) is 4. The summed E-state index contributed by atoms with van der Waals surface area (Å²) < 4.78 is 1.87. The smallest absolute Gasteiger partial charge is 0.291 e. The Balaban J connectivity index is 1.40. The van der Waals surface area contributed by atoms with Gasteiger partial charge in [0, 0.05) is 49.7 Å². The number of anilines is 2. The third-order valence-electron chi connectivity index (χ3n) is 7.63. The number of benzene rings is 2. The van der Waals surface area contributed by atoms with Crippen LogP contribution in [0.5, 0.6) is 0 Å². The monoisotopic (exact) mass is 568 g/mol. The van der Waals surface area contributed by atoms with E-state index in [2.05, 4.69) is 32.1 Å². The van der Waals surface area contributed by atoms with Crippen LogP contribution in [-0.4, -0.2) is 44.8 Å². The molecule has 0 radical (unpaired) electrons. The van der Waals surface area contributed by atoms with E-state index in [0.717, 1.165) is 65.1 Å². The van der Waals surface area contributed by atoms with E-state index in [1.54, 1.807) is 24.4 Å². The first-order chi connectivity index (χ1) is 19.7. The van der Waals surface area contributed by atoms with Crippen molar-refractivity contribution >= 4 is 40.9 Å². The topological polar surface area (TPSA) is 92.1 Å². The van der Waals surface area contributed by atoms with E-state index in [1.165, 1.54) is 0 Å². The third-order valence-corrected chi connectivity index (χ3v) is 8.03. The Morgan fingerprint density at radius 2 is 1.78 bits per heavy atom. The summed E-state index contributed by atoms with van der Waals surface area (Å²) in [6.07, 6.45) is 5.02. The van der Waals surface area contributed by atoms with Crippen molar-refractivity contribution in [3.63, 3.8) is 0 Å². The second-order valence-corrected chi connectivity index (χ2v) is 10.6. The van der Waals surface area contributed by atoms with Crippen LogP contribution in [0.3, 0.4) is 0 Å². The van der Waals surface area contributed by atoms with Crippen molar-refractivity contribution in [3.05, 3.63) is 99.9 Å². The van der Waals surface area contributed by atoms with Crippen LogP contribution in [0, 0.1) is 6.92 Å².